The van der Waals surface area contributed by atoms with E-state index in [-0.39, 0.29) is 4.90 Å². The highest BCUT2D eigenvalue weighted by atomic mass is 32.2. The van der Waals surface area contributed by atoms with Gasteiger partial charge in [-0.15, -0.1) is 0 Å². The predicted molar refractivity (Wildman–Crippen MR) is 74.2 cm³/mol. The highest BCUT2D eigenvalue weighted by Gasteiger charge is 2.18. The number of aliphatic hydroxyl groups excluding tert-OH is 1. The molecule has 0 fully saturated rings. The van der Waals surface area contributed by atoms with Crippen molar-refractivity contribution in [2.24, 2.45) is 0 Å². The lowest BCUT2D eigenvalue weighted by Gasteiger charge is -2.11. The SMILES string of the molecule is CC(O)c1cccc(S(=O)(=O)Nc2cccc(F)c2F)c1. The molecule has 112 valence electrons. The first kappa shape index (κ1) is 15.4. The van der Waals surface area contributed by atoms with Gasteiger partial charge in [0.2, 0.25) is 0 Å². The molecule has 0 aromatic heterocycles. The second-order valence-corrected chi connectivity index (χ2v) is 6.14. The number of halogens is 2. The molecule has 0 aliphatic rings. The van der Waals surface area contributed by atoms with E-state index in [1.54, 1.807) is 6.07 Å². The van der Waals surface area contributed by atoms with E-state index < -0.39 is 33.4 Å². The Hall–Kier alpha value is -1.99. The molecule has 2 aromatic rings. The molecule has 1 atom stereocenters. The highest BCUT2D eigenvalue weighted by molar-refractivity contribution is 7.92. The molecule has 0 spiro atoms. The summed E-state index contributed by atoms with van der Waals surface area (Å²) in [5.41, 5.74) is -0.0740. The van der Waals surface area contributed by atoms with Crippen LogP contribution in [0.2, 0.25) is 0 Å². The van der Waals surface area contributed by atoms with Crippen LogP contribution in [0.5, 0.6) is 0 Å². The van der Waals surface area contributed by atoms with Crippen LogP contribution in [0, 0.1) is 11.6 Å². The molecule has 0 heterocycles. The number of benzene rings is 2. The Morgan fingerprint density at radius 1 is 1.14 bits per heavy atom. The summed E-state index contributed by atoms with van der Waals surface area (Å²) in [4.78, 5) is -0.149. The Kier molecular flexibility index (Phi) is 4.24. The molecule has 0 radical (unpaired) electrons. The van der Waals surface area contributed by atoms with E-state index in [2.05, 4.69) is 0 Å². The zero-order valence-electron chi connectivity index (χ0n) is 11.0. The summed E-state index contributed by atoms with van der Waals surface area (Å²) < 4.78 is 52.9. The maximum Gasteiger partial charge on any atom is 0.261 e. The van der Waals surface area contributed by atoms with E-state index in [4.69, 9.17) is 0 Å². The van der Waals surface area contributed by atoms with Gasteiger partial charge in [-0.1, -0.05) is 18.2 Å². The lowest BCUT2D eigenvalue weighted by molar-refractivity contribution is 0.199. The second-order valence-electron chi connectivity index (χ2n) is 4.46. The van der Waals surface area contributed by atoms with Gasteiger partial charge in [0.15, 0.2) is 11.6 Å². The third-order valence-corrected chi connectivity index (χ3v) is 4.21. The molecule has 0 bridgehead atoms. The Balaban J connectivity index is 2.39. The fourth-order valence-corrected chi connectivity index (χ4v) is 2.84. The van der Waals surface area contributed by atoms with Crippen LogP contribution in [0.15, 0.2) is 47.4 Å². The number of rotatable bonds is 4. The maximum absolute atomic E-state index is 13.5. The number of nitrogens with one attached hydrogen (secondary N) is 1. The van der Waals surface area contributed by atoms with E-state index in [1.165, 1.54) is 31.2 Å². The summed E-state index contributed by atoms with van der Waals surface area (Å²) >= 11 is 0. The summed E-state index contributed by atoms with van der Waals surface area (Å²) in [5.74, 6) is -2.42. The average molecular weight is 313 g/mol. The third-order valence-electron chi connectivity index (χ3n) is 2.85. The zero-order valence-corrected chi connectivity index (χ0v) is 11.9. The monoisotopic (exact) mass is 313 g/mol. The second kappa shape index (κ2) is 5.79. The largest absolute Gasteiger partial charge is 0.389 e. The molecule has 4 nitrogen and oxygen atoms in total. The molecule has 2 aromatic carbocycles. The van der Waals surface area contributed by atoms with Crippen LogP contribution in [0.1, 0.15) is 18.6 Å². The van der Waals surface area contributed by atoms with Crippen molar-refractivity contribution < 1.29 is 22.3 Å². The average Bonchev–Trinajstić information content (AvgIpc) is 2.44. The Morgan fingerprint density at radius 2 is 1.81 bits per heavy atom. The van der Waals surface area contributed by atoms with Crippen molar-refractivity contribution in [3.8, 4) is 0 Å². The van der Waals surface area contributed by atoms with E-state index in [0.717, 1.165) is 12.1 Å². The van der Waals surface area contributed by atoms with E-state index in [1.807, 2.05) is 4.72 Å². The normalized spacial score (nSPS) is 13.0. The minimum absolute atomic E-state index is 0.149. The van der Waals surface area contributed by atoms with Crippen LogP contribution < -0.4 is 4.72 Å². The number of hydrogen-bond acceptors (Lipinski definition) is 3. The fourth-order valence-electron chi connectivity index (χ4n) is 1.73. The molecular weight excluding hydrogens is 300 g/mol. The Bertz CT molecular complexity index is 761. The summed E-state index contributed by atoms with van der Waals surface area (Å²) in [6, 6.07) is 8.79. The lowest BCUT2D eigenvalue weighted by atomic mass is 10.1. The number of anilines is 1. The van der Waals surface area contributed by atoms with Crippen LogP contribution >= 0.6 is 0 Å². The fraction of sp³-hybridized carbons (Fsp3) is 0.143. The van der Waals surface area contributed by atoms with Gasteiger partial charge in [0.25, 0.3) is 10.0 Å². The van der Waals surface area contributed by atoms with Gasteiger partial charge in [0, 0.05) is 0 Å². The zero-order chi connectivity index (χ0) is 15.6. The summed E-state index contributed by atoms with van der Waals surface area (Å²) in [6.45, 7) is 1.49. The maximum atomic E-state index is 13.5. The molecule has 0 saturated heterocycles. The standard InChI is InChI=1S/C14H13F2NO3S/c1-9(18)10-4-2-5-11(8-10)21(19,20)17-13-7-3-6-12(15)14(13)16/h2-9,17-18H,1H3. The molecule has 7 heteroatoms. The van der Waals surface area contributed by atoms with Gasteiger partial charge in [-0.3, -0.25) is 4.72 Å². The van der Waals surface area contributed by atoms with Crippen molar-refractivity contribution in [3.63, 3.8) is 0 Å². The molecule has 0 saturated carbocycles. The van der Waals surface area contributed by atoms with Gasteiger partial charge < -0.3 is 5.11 Å². The minimum Gasteiger partial charge on any atom is -0.389 e. The van der Waals surface area contributed by atoms with Gasteiger partial charge in [0.1, 0.15) is 0 Å². The molecule has 0 amide bonds. The van der Waals surface area contributed by atoms with Crippen LogP contribution in [0.4, 0.5) is 14.5 Å². The predicted octanol–water partition coefficient (Wildman–Crippen LogP) is 2.82. The molecule has 2 rings (SSSR count). The number of aliphatic hydroxyl groups is 1. The van der Waals surface area contributed by atoms with Gasteiger partial charge in [-0.2, -0.15) is 0 Å². The summed E-state index contributed by atoms with van der Waals surface area (Å²) in [6.07, 6.45) is -0.842. The van der Waals surface area contributed by atoms with E-state index in [9.17, 15) is 22.3 Å². The molecule has 0 aliphatic carbocycles. The van der Waals surface area contributed by atoms with E-state index in [0.29, 0.717) is 5.56 Å². The smallest absolute Gasteiger partial charge is 0.261 e. The van der Waals surface area contributed by atoms with Crippen molar-refractivity contribution in [2.75, 3.05) is 4.72 Å². The van der Waals surface area contributed by atoms with Crippen LogP contribution in [0.25, 0.3) is 0 Å². The number of sulfonamides is 1. The Morgan fingerprint density at radius 3 is 2.48 bits per heavy atom. The highest BCUT2D eigenvalue weighted by Crippen LogP contribution is 2.22. The quantitative estimate of drug-likeness (QED) is 0.912. The summed E-state index contributed by atoms with van der Waals surface area (Å²) in [5, 5.41) is 9.46. The van der Waals surface area contributed by atoms with Gasteiger partial charge in [0.05, 0.1) is 16.7 Å². The van der Waals surface area contributed by atoms with Gasteiger partial charge in [-0.25, -0.2) is 17.2 Å². The molecule has 0 aliphatic heterocycles. The number of hydrogen-bond donors (Lipinski definition) is 2. The molecule has 1 unspecified atom stereocenters. The van der Waals surface area contributed by atoms with Crippen LogP contribution in [-0.2, 0) is 10.0 Å². The van der Waals surface area contributed by atoms with Crippen molar-refractivity contribution in [1.29, 1.82) is 0 Å². The Labute approximate surface area is 121 Å². The molecule has 2 N–H and O–H groups in total. The molecular formula is C14H13F2NO3S. The minimum atomic E-state index is -4.08. The molecule has 21 heavy (non-hydrogen) atoms. The first-order chi connectivity index (χ1) is 9.81. The summed E-state index contributed by atoms with van der Waals surface area (Å²) in [7, 11) is -4.08. The van der Waals surface area contributed by atoms with Crippen LogP contribution in [0.3, 0.4) is 0 Å². The topological polar surface area (TPSA) is 66.4 Å². The first-order valence-corrected chi connectivity index (χ1v) is 7.54. The van der Waals surface area contributed by atoms with Crippen molar-refractivity contribution in [1.82, 2.24) is 0 Å². The van der Waals surface area contributed by atoms with Crippen LogP contribution in [-0.4, -0.2) is 13.5 Å². The third kappa shape index (κ3) is 3.37. The van der Waals surface area contributed by atoms with Gasteiger partial charge in [-0.05, 0) is 36.8 Å². The van der Waals surface area contributed by atoms with Crippen molar-refractivity contribution in [3.05, 3.63) is 59.7 Å². The van der Waals surface area contributed by atoms with Crippen molar-refractivity contribution in [2.45, 2.75) is 17.9 Å². The van der Waals surface area contributed by atoms with Gasteiger partial charge >= 0.3 is 0 Å². The lowest BCUT2D eigenvalue weighted by Crippen LogP contribution is -2.14. The first-order valence-electron chi connectivity index (χ1n) is 6.06. The van der Waals surface area contributed by atoms with E-state index >= 15 is 0 Å². The van der Waals surface area contributed by atoms with Crippen molar-refractivity contribution >= 4 is 15.7 Å².